The summed E-state index contributed by atoms with van der Waals surface area (Å²) in [7, 11) is 0. The number of carbonyl (C=O) groups excluding carboxylic acids is 1. The number of rotatable bonds is 4. The maximum Gasteiger partial charge on any atom is 0.228 e. The van der Waals surface area contributed by atoms with Crippen LogP contribution in [0.5, 0.6) is 5.88 Å². The Morgan fingerprint density at radius 2 is 2.05 bits per heavy atom. The smallest absolute Gasteiger partial charge is 0.228 e. The molecule has 4 heteroatoms. The third kappa shape index (κ3) is 2.16. The van der Waals surface area contributed by atoms with Gasteiger partial charge >= 0.3 is 0 Å². The molecule has 0 spiro atoms. The molecule has 0 unspecified atom stereocenters. The molecule has 0 bridgehead atoms. The molecule has 0 amide bonds. The molecule has 3 rings (SSSR count). The van der Waals surface area contributed by atoms with Crippen LogP contribution in [0.15, 0.2) is 47.1 Å². The first-order valence-corrected chi connectivity index (χ1v) is 6.29. The Morgan fingerprint density at radius 1 is 1.25 bits per heavy atom. The molecule has 100 valence electrons. The Hall–Kier alpha value is -2.62. The van der Waals surface area contributed by atoms with Crippen molar-refractivity contribution in [1.82, 2.24) is 4.98 Å². The molecule has 2 heterocycles. The molecule has 20 heavy (non-hydrogen) atoms. The zero-order chi connectivity index (χ0) is 13.9. The molecule has 0 aliphatic heterocycles. The molecule has 0 aliphatic rings. The summed E-state index contributed by atoms with van der Waals surface area (Å²) in [6, 6.07) is 11.5. The summed E-state index contributed by atoms with van der Waals surface area (Å²) in [6.45, 7) is 2.22. The fourth-order valence-electron chi connectivity index (χ4n) is 2.11. The Labute approximate surface area is 116 Å². The van der Waals surface area contributed by atoms with Crippen LogP contribution < -0.4 is 4.74 Å². The number of hydrogen-bond acceptors (Lipinski definition) is 4. The molecular formula is C16H13NO3. The van der Waals surface area contributed by atoms with Gasteiger partial charge in [-0.05, 0) is 18.6 Å². The maximum atomic E-state index is 11.3. The Morgan fingerprint density at radius 3 is 2.80 bits per heavy atom. The SMILES string of the molecule is Cc1nc(OCc2ccccc2)c(C=O)c2occc12. The van der Waals surface area contributed by atoms with Crippen LogP contribution in [0, 0.1) is 6.92 Å². The summed E-state index contributed by atoms with van der Waals surface area (Å²) >= 11 is 0. The van der Waals surface area contributed by atoms with Gasteiger partial charge in [0.15, 0.2) is 11.9 Å². The number of ether oxygens (including phenoxy) is 1. The van der Waals surface area contributed by atoms with E-state index >= 15 is 0 Å². The number of furan rings is 1. The van der Waals surface area contributed by atoms with Gasteiger partial charge in [0.1, 0.15) is 12.2 Å². The van der Waals surface area contributed by atoms with E-state index in [1.54, 1.807) is 12.3 Å². The van der Waals surface area contributed by atoms with Gasteiger partial charge < -0.3 is 9.15 Å². The number of carbonyl (C=O) groups is 1. The van der Waals surface area contributed by atoms with Crippen molar-refractivity contribution in [3.63, 3.8) is 0 Å². The first-order chi connectivity index (χ1) is 9.79. The van der Waals surface area contributed by atoms with E-state index < -0.39 is 0 Å². The fourth-order valence-corrected chi connectivity index (χ4v) is 2.11. The fraction of sp³-hybridized carbons (Fsp3) is 0.125. The second kappa shape index (κ2) is 5.17. The number of nitrogens with zero attached hydrogens (tertiary/aromatic N) is 1. The highest BCUT2D eigenvalue weighted by atomic mass is 16.5. The highest BCUT2D eigenvalue weighted by molar-refractivity contribution is 5.97. The van der Waals surface area contributed by atoms with Crippen LogP contribution >= 0.6 is 0 Å². The minimum absolute atomic E-state index is 0.309. The van der Waals surface area contributed by atoms with Gasteiger partial charge in [-0.1, -0.05) is 30.3 Å². The van der Waals surface area contributed by atoms with Crippen molar-refractivity contribution in [2.75, 3.05) is 0 Å². The molecule has 0 saturated heterocycles. The minimum Gasteiger partial charge on any atom is -0.472 e. The summed E-state index contributed by atoms with van der Waals surface area (Å²) in [5.41, 5.74) is 2.67. The first-order valence-electron chi connectivity index (χ1n) is 6.29. The molecule has 0 saturated carbocycles. The van der Waals surface area contributed by atoms with Crippen LogP contribution in [-0.2, 0) is 6.61 Å². The molecule has 0 radical (unpaired) electrons. The standard InChI is InChI=1S/C16H13NO3/c1-11-13-7-8-19-15(13)14(9-18)16(17-11)20-10-12-5-3-2-4-6-12/h2-9H,10H2,1H3. The lowest BCUT2D eigenvalue weighted by Gasteiger charge is -2.09. The van der Waals surface area contributed by atoms with E-state index in [4.69, 9.17) is 9.15 Å². The lowest BCUT2D eigenvalue weighted by Crippen LogP contribution is -2.02. The number of aromatic nitrogens is 1. The van der Waals surface area contributed by atoms with E-state index in [9.17, 15) is 4.79 Å². The van der Waals surface area contributed by atoms with E-state index in [0.29, 0.717) is 23.6 Å². The Balaban J connectivity index is 1.96. The average molecular weight is 267 g/mol. The van der Waals surface area contributed by atoms with Crippen LogP contribution in [-0.4, -0.2) is 11.3 Å². The summed E-state index contributed by atoms with van der Waals surface area (Å²) in [4.78, 5) is 15.6. The third-order valence-electron chi connectivity index (χ3n) is 3.14. The van der Waals surface area contributed by atoms with Gasteiger partial charge in [0.25, 0.3) is 0 Å². The molecule has 2 aromatic heterocycles. The molecule has 0 aliphatic carbocycles. The van der Waals surface area contributed by atoms with E-state index in [2.05, 4.69) is 4.98 Å². The van der Waals surface area contributed by atoms with E-state index in [1.807, 2.05) is 37.3 Å². The van der Waals surface area contributed by atoms with Gasteiger partial charge in [0.05, 0.1) is 12.0 Å². The lowest BCUT2D eigenvalue weighted by molar-refractivity contribution is 0.111. The summed E-state index contributed by atoms with van der Waals surface area (Å²) < 4.78 is 11.0. The zero-order valence-corrected chi connectivity index (χ0v) is 11.0. The van der Waals surface area contributed by atoms with Crippen molar-refractivity contribution in [3.05, 3.63) is 59.5 Å². The summed E-state index contributed by atoms with van der Waals surface area (Å²) in [5, 5.41) is 0.833. The normalized spacial score (nSPS) is 10.7. The molecule has 0 N–H and O–H groups in total. The van der Waals surface area contributed by atoms with Crippen LogP contribution in [0.1, 0.15) is 21.6 Å². The molecule has 0 atom stereocenters. The van der Waals surface area contributed by atoms with Gasteiger partial charge in [-0.25, -0.2) is 4.98 Å². The van der Waals surface area contributed by atoms with Crippen LogP contribution in [0.2, 0.25) is 0 Å². The van der Waals surface area contributed by atoms with Crippen molar-refractivity contribution in [2.24, 2.45) is 0 Å². The van der Waals surface area contributed by atoms with Gasteiger partial charge in [-0.3, -0.25) is 4.79 Å². The summed E-state index contributed by atoms with van der Waals surface area (Å²) in [5.74, 6) is 0.309. The van der Waals surface area contributed by atoms with E-state index in [0.717, 1.165) is 22.9 Å². The van der Waals surface area contributed by atoms with Crippen LogP contribution in [0.4, 0.5) is 0 Å². The monoisotopic (exact) mass is 267 g/mol. The third-order valence-corrected chi connectivity index (χ3v) is 3.14. The largest absolute Gasteiger partial charge is 0.472 e. The van der Waals surface area contributed by atoms with E-state index in [-0.39, 0.29) is 0 Å². The molecule has 3 aromatic rings. The number of aryl methyl sites for hydroxylation is 1. The van der Waals surface area contributed by atoms with Crippen molar-refractivity contribution < 1.29 is 13.9 Å². The molecule has 4 nitrogen and oxygen atoms in total. The number of pyridine rings is 1. The van der Waals surface area contributed by atoms with Gasteiger partial charge in [0, 0.05) is 5.39 Å². The topological polar surface area (TPSA) is 52.3 Å². The predicted molar refractivity (Wildman–Crippen MR) is 74.9 cm³/mol. The number of aldehydes is 1. The zero-order valence-electron chi connectivity index (χ0n) is 11.0. The van der Waals surface area contributed by atoms with Gasteiger partial charge in [0.2, 0.25) is 5.88 Å². The number of benzene rings is 1. The predicted octanol–water partition coefficient (Wildman–Crippen LogP) is 3.53. The van der Waals surface area contributed by atoms with Crippen molar-refractivity contribution >= 4 is 17.3 Å². The van der Waals surface area contributed by atoms with Gasteiger partial charge in [-0.15, -0.1) is 0 Å². The number of hydrogen-bond donors (Lipinski definition) is 0. The Bertz CT molecular complexity index is 747. The first kappa shape index (κ1) is 12.4. The second-order valence-electron chi connectivity index (χ2n) is 4.47. The van der Waals surface area contributed by atoms with Crippen molar-refractivity contribution in [2.45, 2.75) is 13.5 Å². The molecule has 0 fully saturated rings. The maximum absolute atomic E-state index is 11.3. The average Bonchev–Trinajstić information content (AvgIpc) is 2.96. The van der Waals surface area contributed by atoms with Crippen LogP contribution in [0.3, 0.4) is 0 Å². The van der Waals surface area contributed by atoms with Crippen LogP contribution in [0.25, 0.3) is 11.0 Å². The second-order valence-corrected chi connectivity index (χ2v) is 4.47. The van der Waals surface area contributed by atoms with E-state index in [1.165, 1.54) is 0 Å². The molecular weight excluding hydrogens is 254 g/mol. The van der Waals surface area contributed by atoms with Gasteiger partial charge in [-0.2, -0.15) is 0 Å². The lowest BCUT2D eigenvalue weighted by atomic mass is 10.2. The summed E-state index contributed by atoms with van der Waals surface area (Å²) in [6.07, 6.45) is 2.27. The highest BCUT2D eigenvalue weighted by Crippen LogP contribution is 2.28. The molecule has 1 aromatic carbocycles. The van der Waals surface area contributed by atoms with Crippen molar-refractivity contribution in [1.29, 1.82) is 0 Å². The number of fused-ring (bicyclic) bond motifs is 1. The Kier molecular flexibility index (Phi) is 3.21. The minimum atomic E-state index is 0.309. The van der Waals surface area contributed by atoms with Crippen molar-refractivity contribution in [3.8, 4) is 5.88 Å². The quantitative estimate of drug-likeness (QED) is 0.678. The highest BCUT2D eigenvalue weighted by Gasteiger charge is 2.15.